The van der Waals surface area contributed by atoms with Crippen LogP contribution in [0.1, 0.15) is 37.8 Å². The maximum atomic E-state index is 13.5. The second-order valence-corrected chi connectivity index (χ2v) is 9.82. The molecule has 5 rings (SSSR count). The van der Waals surface area contributed by atoms with Gasteiger partial charge in [-0.05, 0) is 49.2 Å². The lowest BCUT2D eigenvalue weighted by Gasteiger charge is -2.31. The molecule has 10 heteroatoms. The number of anilines is 2. The fraction of sp³-hybridized carbons (Fsp3) is 0.357. The van der Waals surface area contributed by atoms with Gasteiger partial charge in [-0.3, -0.25) is 19.7 Å². The maximum absolute atomic E-state index is 13.5. The van der Waals surface area contributed by atoms with Crippen molar-refractivity contribution in [1.82, 2.24) is 14.9 Å². The summed E-state index contributed by atoms with van der Waals surface area (Å²) in [5.41, 5.74) is 5.06. The van der Waals surface area contributed by atoms with Crippen LogP contribution in [-0.2, 0) is 11.3 Å². The third-order valence-electron chi connectivity index (χ3n) is 6.47. The van der Waals surface area contributed by atoms with E-state index in [0.717, 1.165) is 22.4 Å². The molecule has 0 radical (unpaired) electrons. The number of aromatic nitrogens is 2. The van der Waals surface area contributed by atoms with Crippen LogP contribution in [0, 0.1) is 0 Å². The number of piperidine rings is 1. The van der Waals surface area contributed by atoms with E-state index >= 15 is 0 Å². The summed E-state index contributed by atoms with van der Waals surface area (Å²) in [7, 11) is 0. The number of carbonyl (C=O) groups is 1. The number of benzene rings is 1. The van der Waals surface area contributed by atoms with Gasteiger partial charge in [0.15, 0.2) is 0 Å². The molecule has 1 amide bonds. The molecule has 0 aliphatic carbocycles. The molecule has 8 nitrogen and oxygen atoms in total. The summed E-state index contributed by atoms with van der Waals surface area (Å²) >= 11 is 0. The van der Waals surface area contributed by atoms with Crippen molar-refractivity contribution in [3.8, 4) is 17.0 Å². The highest BCUT2D eigenvalue weighted by Crippen LogP contribution is 2.30. The average molecular weight is 521 g/mol. The molecule has 0 saturated carbocycles. The van der Waals surface area contributed by atoms with E-state index in [0.29, 0.717) is 49.1 Å². The normalized spacial score (nSPS) is 16.8. The van der Waals surface area contributed by atoms with Crippen molar-refractivity contribution in [2.45, 2.75) is 45.3 Å². The zero-order chi connectivity index (χ0) is 26.7. The summed E-state index contributed by atoms with van der Waals surface area (Å²) in [6, 6.07) is 11.3. The van der Waals surface area contributed by atoms with Crippen molar-refractivity contribution in [1.29, 1.82) is 0 Å². The smallest absolute Gasteiger partial charge is 0.274 e. The van der Waals surface area contributed by atoms with Gasteiger partial charge in [0.1, 0.15) is 12.4 Å². The summed E-state index contributed by atoms with van der Waals surface area (Å²) in [5.74, 6) is -2.42. The van der Waals surface area contributed by atoms with E-state index < -0.39 is 5.92 Å². The largest absolute Gasteiger partial charge is 0.475 e. The van der Waals surface area contributed by atoms with Crippen LogP contribution >= 0.6 is 0 Å². The highest BCUT2D eigenvalue weighted by atomic mass is 19.3. The minimum atomic E-state index is -2.57. The molecule has 0 unspecified atom stereocenters. The molecule has 38 heavy (non-hydrogen) atoms. The fourth-order valence-electron chi connectivity index (χ4n) is 4.54. The third kappa shape index (κ3) is 6.13. The van der Waals surface area contributed by atoms with Gasteiger partial charge in [-0.25, -0.2) is 13.8 Å². The highest BCUT2D eigenvalue weighted by Gasteiger charge is 2.33. The lowest BCUT2D eigenvalue weighted by atomic mass is 9.98. The summed E-state index contributed by atoms with van der Waals surface area (Å²) in [5, 5.41) is 6.07. The van der Waals surface area contributed by atoms with E-state index in [4.69, 9.17) is 4.74 Å². The van der Waals surface area contributed by atoms with Gasteiger partial charge < -0.3 is 15.4 Å². The molecule has 4 heterocycles. The van der Waals surface area contributed by atoms with Gasteiger partial charge in [-0.1, -0.05) is 6.07 Å². The van der Waals surface area contributed by atoms with Crippen LogP contribution in [0.5, 0.6) is 5.88 Å². The number of halogens is 2. The van der Waals surface area contributed by atoms with Crippen molar-refractivity contribution in [3.63, 3.8) is 0 Å². The average Bonchev–Trinajstić information content (AvgIpc) is 2.90. The first-order valence-electron chi connectivity index (χ1n) is 12.7. The molecule has 0 atom stereocenters. The Morgan fingerprint density at radius 2 is 1.92 bits per heavy atom. The van der Waals surface area contributed by atoms with E-state index in [1.165, 1.54) is 0 Å². The van der Waals surface area contributed by atoms with Crippen LogP contribution < -0.4 is 15.4 Å². The Hall–Kier alpha value is -3.92. The van der Waals surface area contributed by atoms with E-state index in [1.54, 1.807) is 30.7 Å². The highest BCUT2D eigenvalue weighted by molar-refractivity contribution is 6.50. The number of rotatable bonds is 7. The number of nitrogens with zero attached hydrogens (tertiary/aromatic N) is 4. The minimum Gasteiger partial charge on any atom is -0.475 e. The van der Waals surface area contributed by atoms with E-state index in [2.05, 4.69) is 25.6 Å². The molecular weight excluding hydrogens is 490 g/mol. The molecule has 0 spiro atoms. The first-order valence-corrected chi connectivity index (χ1v) is 12.7. The maximum Gasteiger partial charge on any atom is 0.274 e. The Morgan fingerprint density at radius 3 is 2.66 bits per heavy atom. The number of likely N-dealkylation sites (tertiary alicyclic amines) is 1. The number of ether oxygens (including phenoxy) is 1. The molecule has 198 valence electrons. The predicted molar refractivity (Wildman–Crippen MR) is 143 cm³/mol. The van der Waals surface area contributed by atoms with Gasteiger partial charge in [0.2, 0.25) is 5.88 Å². The predicted octanol–water partition coefficient (Wildman–Crippen LogP) is 4.97. The summed E-state index contributed by atoms with van der Waals surface area (Å²) in [6.45, 7) is 5.42. The van der Waals surface area contributed by atoms with Crippen molar-refractivity contribution in [3.05, 3.63) is 66.1 Å². The molecule has 1 aromatic carbocycles. The number of aliphatic imine (C=N–C) groups is 1. The van der Waals surface area contributed by atoms with Crippen LogP contribution in [0.3, 0.4) is 0 Å². The van der Waals surface area contributed by atoms with Crippen LogP contribution in [-0.4, -0.2) is 58.3 Å². The molecule has 2 aliphatic rings. The van der Waals surface area contributed by atoms with Crippen LogP contribution in [0.25, 0.3) is 11.1 Å². The fourth-order valence-corrected chi connectivity index (χ4v) is 4.54. The van der Waals surface area contributed by atoms with Gasteiger partial charge in [-0.2, -0.15) is 0 Å². The monoisotopic (exact) mass is 520 g/mol. The van der Waals surface area contributed by atoms with Crippen molar-refractivity contribution >= 4 is 23.0 Å². The molecule has 3 aromatic rings. The number of fused-ring (bicyclic) bond motifs is 1. The summed E-state index contributed by atoms with van der Waals surface area (Å²) < 4.78 is 32.6. The van der Waals surface area contributed by atoms with E-state index in [-0.39, 0.29) is 24.9 Å². The number of pyridine rings is 2. The topological polar surface area (TPSA) is 91.7 Å². The standard InChI is InChI=1S/C28H30F2N6O2/c1-18(2)38-25-6-4-22(15-32-25)35-27(37)26-23-12-20(3-5-24(23)33-17-34-26)21-11-19(13-31-14-21)16-36-9-7-28(29,30)8-10-36/h3-6,11-15,18,33H,7-10,16-17H2,1-2H3,(H,35,37). The number of nitrogens with one attached hydrogen (secondary N) is 2. The number of hydrogen-bond donors (Lipinski definition) is 2. The molecule has 1 saturated heterocycles. The Kier molecular flexibility index (Phi) is 7.33. The summed E-state index contributed by atoms with van der Waals surface area (Å²) in [6.07, 6.45) is 4.85. The Morgan fingerprint density at radius 1 is 1.11 bits per heavy atom. The van der Waals surface area contributed by atoms with Gasteiger partial charge in [0, 0.05) is 67.8 Å². The number of alkyl halides is 2. The van der Waals surface area contributed by atoms with Crippen LogP contribution in [0.15, 0.2) is 60.0 Å². The van der Waals surface area contributed by atoms with E-state index in [1.807, 2.05) is 43.0 Å². The molecular formula is C28H30F2N6O2. The van der Waals surface area contributed by atoms with Crippen LogP contribution in [0.4, 0.5) is 20.2 Å². The molecule has 2 aromatic heterocycles. The second kappa shape index (κ2) is 10.8. The second-order valence-electron chi connectivity index (χ2n) is 9.82. The van der Waals surface area contributed by atoms with Crippen molar-refractivity contribution in [2.75, 3.05) is 30.4 Å². The molecule has 2 N–H and O–H groups in total. The quantitative estimate of drug-likeness (QED) is 0.457. The molecule has 1 fully saturated rings. The lowest BCUT2D eigenvalue weighted by Crippen LogP contribution is -2.38. The molecule has 0 bridgehead atoms. The SMILES string of the molecule is CC(C)Oc1ccc(NC(=O)C2=NCNc3ccc(-c4cncc(CN5CCC(F)(F)CC5)c4)cc32)cn1. The third-order valence-corrected chi connectivity index (χ3v) is 6.47. The minimum absolute atomic E-state index is 0.00594. The lowest BCUT2D eigenvalue weighted by molar-refractivity contribution is -0.110. The Balaban J connectivity index is 1.32. The van der Waals surface area contributed by atoms with E-state index in [9.17, 15) is 13.6 Å². The Labute approximate surface area is 220 Å². The van der Waals surface area contributed by atoms with Gasteiger partial charge in [0.05, 0.1) is 18.0 Å². The summed E-state index contributed by atoms with van der Waals surface area (Å²) in [4.78, 5) is 28.2. The van der Waals surface area contributed by atoms with Gasteiger partial charge in [-0.15, -0.1) is 0 Å². The van der Waals surface area contributed by atoms with Gasteiger partial charge in [0.25, 0.3) is 11.8 Å². The first-order chi connectivity index (χ1) is 18.3. The number of hydrogen-bond acceptors (Lipinski definition) is 7. The zero-order valence-electron chi connectivity index (χ0n) is 21.4. The number of carbonyl (C=O) groups excluding carboxylic acids is 1. The number of amides is 1. The van der Waals surface area contributed by atoms with Crippen LogP contribution in [0.2, 0.25) is 0 Å². The van der Waals surface area contributed by atoms with Gasteiger partial charge >= 0.3 is 0 Å². The molecule has 2 aliphatic heterocycles. The first kappa shape index (κ1) is 25.7. The van der Waals surface area contributed by atoms with Crippen molar-refractivity contribution in [2.24, 2.45) is 4.99 Å². The zero-order valence-corrected chi connectivity index (χ0v) is 21.4. The Bertz CT molecular complexity index is 1330. The van der Waals surface area contributed by atoms with Crippen molar-refractivity contribution < 1.29 is 18.3 Å².